The molecule has 92 valence electrons. The van der Waals surface area contributed by atoms with Gasteiger partial charge in [0.2, 0.25) is 5.91 Å². The SMILES string of the molecule is CCCOCCC(=O)NC1(C(=O)O)CCC1. The lowest BCUT2D eigenvalue weighted by atomic mass is 9.76. The maximum absolute atomic E-state index is 11.5. The lowest BCUT2D eigenvalue weighted by Gasteiger charge is -2.38. The second-order valence-electron chi connectivity index (χ2n) is 4.15. The number of amides is 1. The van der Waals surface area contributed by atoms with Gasteiger partial charge < -0.3 is 15.2 Å². The van der Waals surface area contributed by atoms with Crippen LogP contribution in [0.25, 0.3) is 0 Å². The van der Waals surface area contributed by atoms with Gasteiger partial charge in [0.1, 0.15) is 5.54 Å². The highest BCUT2D eigenvalue weighted by Crippen LogP contribution is 2.31. The van der Waals surface area contributed by atoms with Crippen LogP contribution in [0.5, 0.6) is 0 Å². The van der Waals surface area contributed by atoms with Crippen molar-refractivity contribution in [3.05, 3.63) is 0 Å². The first-order valence-corrected chi connectivity index (χ1v) is 5.73. The van der Waals surface area contributed by atoms with Crippen LogP contribution < -0.4 is 5.32 Å². The maximum atomic E-state index is 11.5. The molecular weight excluding hydrogens is 210 g/mol. The van der Waals surface area contributed by atoms with Crippen molar-refractivity contribution in [3.63, 3.8) is 0 Å². The summed E-state index contributed by atoms with van der Waals surface area (Å²) in [5.41, 5.74) is -0.998. The largest absolute Gasteiger partial charge is 0.480 e. The van der Waals surface area contributed by atoms with E-state index in [1.54, 1.807) is 0 Å². The van der Waals surface area contributed by atoms with Crippen LogP contribution in [0.1, 0.15) is 39.0 Å². The van der Waals surface area contributed by atoms with Crippen molar-refractivity contribution in [1.82, 2.24) is 5.32 Å². The van der Waals surface area contributed by atoms with Crippen LogP contribution >= 0.6 is 0 Å². The molecule has 2 N–H and O–H groups in total. The molecule has 0 radical (unpaired) electrons. The van der Waals surface area contributed by atoms with Gasteiger partial charge in [-0.3, -0.25) is 4.79 Å². The maximum Gasteiger partial charge on any atom is 0.329 e. The molecule has 1 saturated carbocycles. The van der Waals surface area contributed by atoms with E-state index in [1.807, 2.05) is 6.92 Å². The molecule has 0 aliphatic heterocycles. The Kier molecular flexibility index (Phi) is 4.73. The summed E-state index contributed by atoms with van der Waals surface area (Å²) >= 11 is 0. The number of rotatable bonds is 7. The summed E-state index contributed by atoms with van der Waals surface area (Å²) in [6.07, 6.45) is 3.07. The standard InChI is InChI=1S/C11H19NO4/c1-2-7-16-8-4-9(13)12-11(10(14)15)5-3-6-11/h2-8H2,1H3,(H,12,13)(H,14,15). The molecule has 1 amide bonds. The minimum atomic E-state index is -0.998. The third kappa shape index (κ3) is 3.20. The first-order chi connectivity index (χ1) is 7.60. The van der Waals surface area contributed by atoms with Crippen LogP contribution in [0.15, 0.2) is 0 Å². The fourth-order valence-electron chi connectivity index (χ4n) is 1.66. The van der Waals surface area contributed by atoms with Crippen molar-refractivity contribution in [2.45, 2.75) is 44.6 Å². The van der Waals surface area contributed by atoms with E-state index in [-0.39, 0.29) is 12.3 Å². The molecule has 0 spiro atoms. The summed E-state index contributed by atoms with van der Waals surface area (Å²) in [7, 11) is 0. The minimum absolute atomic E-state index is 0.231. The molecule has 1 rings (SSSR count). The van der Waals surface area contributed by atoms with E-state index in [9.17, 15) is 9.59 Å². The molecule has 1 aliphatic rings. The molecule has 0 aromatic rings. The monoisotopic (exact) mass is 229 g/mol. The number of ether oxygens (including phenoxy) is 1. The van der Waals surface area contributed by atoms with Crippen LogP contribution in [0, 0.1) is 0 Å². The molecule has 0 aromatic carbocycles. The molecule has 0 heterocycles. The Morgan fingerprint density at radius 1 is 1.38 bits per heavy atom. The minimum Gasteiger partial charge on any atom is -0.480 e. The molecule has 1 fully saturated rings. The van der Waals surface area contributed by atoms with E-state index in [0.717, 1.165) is 12.8 Å². The Labute approximate surface area is 95.2 Å². The average molecular weight is 229 g/mol. The Morgan fingerprint density at radius 3 is 2.50 bits per heavy atom. The number of nitrogens with one attached hydrogen (secondary N) is 1. The van der Waals surface area contributed by atoms with Crippen LogP contribution in [0.4, 0.5) is 0 Å². The molecule has 0 aromatic heterocycles. The van der Waals surface area contributed by atoms with E-state index in [1.165, 1.54) is 0 Å². The fraction of sp³-hybridized carbons (Fsp3) is 0.818. The van der Waals surface area contributed by atoms with Gasteiger partial charge >= 0.3 is 5.97 Å². The molecule has 0 bridgehead atoms. The topological polar surface area (TPSA) is 75.6 Å². The lowest BCUT2D eigenvalue weighted by Crippen LogP contribution is -2.59. The molecule has 5 heteroatoms. The van der Waals surface area contributed by atoms with Gasteiger partial charge in [0, 0.05) is 13.0 Å². The van der Waals surface area contributed by atoms with E-state index < -0.39 is 11.5 Å². The van der Waals surface area contributed by atoms with Crippen LogP contribution in [-0.4, -0.2) is 35.7 Å². The molecule has 5 nitrogen and oxygen atoms in total. The van der Waals surface area contributed by atoms with Crippen molar-refractivity contribution >= 4 is 11.9 Å². The average Bonchev–Trinajstić information content (AvgIpc) is 2.18. The summed E-state index contributed by atoms with van der Waals surface area (Å²) in [4.78, 5) is 22.4. The Bertz CT molecular complexity index is 261. The summed E-state index contributed by atoms with van der Waals surface area (Å²) in [6, 6.07) is 0. The number of aliphatic carboxylic acids is 1. The first-order valence-electron chi connectivity index (χ1n) is 5.73. The van der Waals surface area contributed by atoms with Crippen molar-refractivity contribution in [1.29, 1.82) is 0 Å². The summed E-state index contributed by atoms with van der Waals surface area (Å²) in [5, 5.41) is 11.6. The van der Waals surface area contributed by atoms with Gasteiger partial charge in [-0.25, -0.2) is 4.79 Å². The third-order valence-corrected chi connectivity index (χ3v) is 2.82. The number of carboxylic acid groups (broad SMARTS) is 1. The Balaban J connectivity index is 2.25. The lowest BCUT2D eigenvalue weighted by molar-refractivity contribution is -0.152. The van der Waals surface area contributed by atoms with Crippen LogP contribution in [-0.2, 0) is 14.3 Å². The number of hydrogen-bond donors (Lipinski definition) is 2. The zero-order valence-electron chi connectivity index (χ0n) is 9.62. The van der Waals surface area contributed by atoms with Crippen molar-refractivity contribution in [2.75, 3.05) is 13.2 Å². The smallest absolute Gasteiger partial charge is 0.329 e. The number of carbonyl (C=O) groups is 2. The van der Waals surface area contributed by atoms with Gasteiger partial charge in [0.05, 0.1) is 6.61 Å². The fourth-order valence-corrected chi connectivity index (χ4v) is 1.66. The van der Waals surface area contributed by atoms with E-state index in [2.05, 4.69) is 5.32 Å². The summed E-state index contributed by atoms with van der Waals surface area (Å²) in [6.45, 7) is 2.99. The van der Waals surface area contributed by atoms with Crippen molar-refractivity contribution in [3.8, 4) is 0 Å². The number of carboxylic acids is 1. The number of carbonyl (C=O) groups excluding carboxylic acids is 1. The van der Waals surface area contributed by atoms with Gasteiger partial charge in [0.15, 0.2) is 0 Å². The van der Waals surface area contributed by atoms with Crippen molar-refractivity contribution in [2.24, 2.45) is 0 Å². The molecule has 0 atom stereocenters. The molecule has 1 aliphatic carbocycles. The zero-order chi connectivity index (χ0) is 12.0. The summed E-state index contributed by atoms with van der Waals surface area (Å²) < 4.78 is 5.17. The van der Waals surface area contributed by atoms with Crippen LogP contribution in [0.3, 0.4) is 0 Å². The third-order valence-electron chi connectivity index (χ3n) is 2.82. The van der Waals surface area contributed by atoms with E-state index in [4.69, 9.17) is 9.84 Å². The van der Waals surface area contributed by atoms with E-state index >= 15 is 0 Å². The first kappa shape index (κ1) is 13.0. The normalized spacial score (nSPS) is 17.6. The van der Waals surface area contributed by atoms with Gasteiger partial charge in [-0.05, 0) is 25.7 Å². The van der Waals surface area contributed by atoms with Gasteiger partial charge in [-0.1, -0.05) is 6.92 Å². The quantitative estimate of drug-likeness (QED) is 0.637. The summed E-state index contributed by atoms with van der Waals surface area (Å²) in [5.74, 6) is -1.17. The predicted molar refractivity (Wildman–Crippen MR) is 58.1 cm³/mol. The molecule has 0 unspecified atom stereocenters. The predicted octanol–water partition coefficient (Wildman–Crippen LogP) is 0.927. The van der Waals surface area contributed by atoms with Crippen molar-refractivity contribution < 1.29 is 19.4 Å². The van der Waals surface area contributed by atoms with Gasteiger partial charge in [-0.15, -0.1) is 0 Å². The van der Waals surface area contributed by atoms with E-state index in [0.29, 0.717) is 26.1 Å². The highest BCUT2D eigenvalue weighted by Gasteiger charge is 2.45. The molecular formula is C11H19NO4. The highest BCUT2D eigenvalue weighted by atomic mass is 16.5. The second kappa shape index (κ2) is 5.84. The van der Waals surface area contributed by atoms with Gasteiger partial charge in [-0.2, -0.15) is 0 Å². The zero-order valence-corrected chi connectivity index (χ0v) is 9.62. The second-order valence-corrected chi connectivity index (χ2v) is 4.15. The van der Waals surface area contributed by atoms with Crippen LogP contribution in [0.2, 0.25) is 0 Å². The Morgan fingerprint density at radius 2 is 2.06 bits per heavy atom. The number of hydrogen-bond acceptors (Lipinski definition) is 3. The molecule has 16 heavy (non-hydrogen) atoms. The molecule has 0 saturated heterocycles. The Hall–Kier alpha value is -1.10. The highest BCUT2D eigenvalue weighted by molar-refractivity contribution is 5.87. The van der Waals surface area contributed by atoms with Gasteiger partial charge in [0.25, 0.3) is 0 Å².